The van der Waals surface area contributed by atoms with E-state index >= 15 is 0 Å². The van der Waals surface area contributed by atoms with Crippen LogP contribution in [0.2, 0.25) is 0 Å². The summed E-state index contributed by atoms with van der Waals surface area (Å²) in [4.78, 5) is 21.8. The Kier molecular flexibility index (Phi) is 5.00. The van der Waals surface area contributed by atoms with Gasteiger partial charge in [-0.25, -0.2) is 0 Å². The van der Waals surface area contributed by atoms with Crippen LogP contribution in [0.5, 0.6) is 5.75 Å². The summed E-state index contributed by atoms with van der Waals surface area (Å²) in [7, 11) is 0. The third kappa shape index (κ3) is 5.01. The highest BCUT2D eigenvalue weighted by Gasteiger charge is 2.04. The number of hydrogen-bond donors (Lipinski definition) is 1. The first-order chi connectivity index (χ1) is 8.11. The Balaban J connectivity index is 2.45. The number of amides is 1. The second-order valence-electron chi connectivity index (χ2n) is 3.29. The van der Waals surface area contributed by atoms with Crippen molar-refractivity contribution in [1.82, 2.24) is 0 Å². The zero-order valence-corrected chi connectivity index (χ0v) is 9.86. The number of benzene rings is 1. The van der Waals surface area contributed by atoms with Gasteiger partial charge in [-0.15, -0.1) is 0 Å². The van der Waals surface area contributed by atoms with E-state index in [0.29, 0.717) is 12.3 Å². The molecule has 0 fully saturated rings. The first kappa shape index (κ1) is 13.0. The topological polar surface area (TPSA) is 64.6 Å². The van der Waals surface area contributed by atoms with Crippen LogP contribution in [0.4, 0.5) is 5.69 Å². The summed E-state index contributed by atoms with van der Waals surface area (Å²) in [6, 6.07) is 6.95. The van der Waals surface area contributed by atoms with Crippen molar-refractivity contribution in [3.8, 4) is 5.75 Å². The summed E-state index contributed by atoms with van der Waals surface area (Å²) in [5.41, 5.74) is 0.630. The van der Waals surface area contributed by atoms with Crippen LogP contribution < -0.4 is 10.1 Å². The van der Waals surface area contributed by atoms with E-state index in [1.165, 1.54) is 6.92 Å². The smallest absolute Gasteiger partial charge is 0.303 e. The summed E-state index contributed by atoms with van der Waals surface area (Å²) < 4.78 is 9.83. The molecule has 0 heterocycles. The number of anilines is 1. The molecule has 0 aliphatic rings. The zero-order chi connectivity index (χ0) is 12.7. The van der Waals surface area contributed by atoms with Gasteiger partial charge in [0.15, 0.2) is 6.61 Å². The lowest BCUT2D eigenvalue weighted by Crippen LogP contribution is -2.19. The molecule has 0 aromatic heterocycles. The third-order valence-electron chi connectivity index (χ3n) is 1.86. The molecule has 0 aliphatic carbocycles. The summed E-state index contributed by atoms with van der Waals surface area (Å²) >= 11 is 0. The van der Waals surface area contributed by atoms with Crippen LogP contribution in [0.3, 0.4) is 0 Å². The van der Waals surface area contributed by atoms with Crippen LogP contribution in [-0.2, 0) is 14.3 Å². The molecule has 0 saturated carbocycles. The van der Waals surface area contributed by atoms with Gasteiger partial charge >= 0.3 is 5.97 Å². The molecule has 92 valence electrons. The lowest BCUT2D eigenvalue weighted by atomic mass is 10.3. The fourth-order valence-corrected chi connectivity index (χ4v) is 1.17. The van der Waals surface area contributed by atoms with Crippen molar-refractivity contribution in [3.63, 3.8) is 0 Å². The lowest BCUT2D eigenvalue weighted by Gasteiger charge is -2.07. The Morgan fingerprint density at radius 3 is 2.41 bits per heavy atom. The average molecular weight is 237 g/mol. The van der Waals surface area contributed by atoms with Crippen molar-refractivity contribution >= 4 is 17.6 Å². The molecule has 5 heteroatoms. The number of ether oxygens (including phenoxy) is 2. The number of esters is 1. The molecule has 1 N–H and O–H groups in total. The van der Waals surface area contributed by atoms with E-state index < -0.39 is 5.97 Å². The normalized spacial score (nSPS) is 9.53. The van der Waals surface area contributed by atoms with Gasteiger partial charge in [-0.3, -0.25) is 9.59 Å². The maximum absolute atomic E-state index is 11.3. The number of hydrogen-bond acceptors (Lipinski definition) is 4. The molecular weight excluding hydrogens is 222 g/mol. The van der Waals surface area contributed by atoms with Crippen LogP contribution in [0.15, 0.2) is 24.3 Å². The number of nitrogens with one attached hydrogen (secondary N) is 1. The Bertz CT molecular complexity index is 386. The van der Waals surface area contributed by atoms with E-state index in [-0.39, 0.29) is 12.5 Å². The van der Waals surface area contributed by atoms with Gasteiger partial charge in [-0.2, -0.15) is 0 Å². The molecule has 1 amide bonds. The molecule has 0 radical (unpaired) electrons. The molecule has 1 aromatic carbocycles. The van der Waals surface area contributed by atoms with Gasteiger partial charge in [0.25, 0.3) is 5.91 Å². The van der Waals surface area contributed by atoms with Crippen LogP contribution in [-0.4, -0.2) is 25.1 Å². The molecule has 0 unspecified atom stereocenters. The predicted molar refractivity (Wildman–Crippen MR) is 62.9 cm³/mol. The maximum Gasteiger partial charge on any atom is 0.303 e. The molecule has 1 rings (SSSR count). The summed E-state index contributed by atoms with van der Waals surface area (Å²) in [5.74, 6) is -0.110. The van der Waals surface area contributed by atoms with E-state index in [2.05, 4.69) is 10.1 Å². The van der Waals surface area contributed by atoms with E-state index in [0.717, 1.165) is 5.75 Å². The predicted octanol–water partition coefficient (Wildman–Crippen LogP) is 1.59. The van der Waals surface area contributed by atoms with Gasteiger partial charge in [-0.05, 0) is 31.2 Å². The number of rotatable bonds is 5. The molecule has 0 aliphatic heterocycles. The first-order valence-corrected chi connectivity index (χ1v) is 5.28. The van der Waals surface area contributed by atoms with Crippen LogP contribution >= 0.6 is 0 Å². The molecule has 5 nitrogen and oxygen atoms in total. The second-order valence-corrected chi connectivity index (χ2v) is 3.29. The molecule has 0 spiro atoms. The minimum atomic E-state index is -0.480. The molecular formula is C12H15NO4. The molecule has 0 bridgehead atoms. The number of carbonyl (C=O) groups is 2. The fraction of sp³-hybridized carbons (Fsp3) is 0.333. The van der Waals surface area contributed by atoms with Crippen LogP contribution in [0.1, 0.15) is 13.8 Å². The van der Waals surface area contributed by atoms with Gasteiger partial charge in [0.2, 0.25) is 0 Å². The van der Waals surface area contributed by atoms with Crippen molar-refractivity contribution in [1.29, 1.82) is 0 Å². The Morgan fingerprint density at radius 2 is 1.88 bits per heavy atom. The monoisotopic (exact) mass is 237 g/mol. The van der Waals surface area contributed by atoms with Crippen molar-refractivity contribution in [2.75, 3.05) is 18.5 Å². The molecule has 0 atom stereocenters. The van der Waals surface area contributed by atoms with Crippen molar-refractivity contribution in [2.24, 2.45) is 0 Å². The Hall–Kier alpha value is -2.04. The third-order valence-corrected chi connectivity index (χ3v) is 1.86. The Morgan fingerprint density at radius 1 is 1.24 bits per heavy atom. The standard InChI is InChI=1S/C12H15NO4/c1-3-16-11-6-4-10(5-7-11)13-12(15)8-17-9(2)14/h4-7H,3,8H2,1-2H3,(H,13,15). The minimum absolute atomic E-state index is 0.275. The summed E-state index contributed by atoms with van der Waals surface area (Å²) in [5, 5.41) is 2.59. The quantitative estimate of drug-likeness (QED) is 0.790. The van der Waals surface area contributed by atoms with Gasteiger partial charge < -0.3 is 14.8 Å². The molecule has 17 heavy (non-hydrogen) atoms. The Labute approximate surface area is 99.7 Å². The fourth-order valence-electron chi connectivity index (χ4n) is 1.17. The summed E-state index contributed by atoms with van der Waals surface area (Å²) in [6.45, 7) is 3.47. The first-order valence-electron chi connectivity index (χ1n) is 5.28. The molecule has 1 aromatic rings. The van der Waals surface area contributed by atoms with Gasteiger partial charge in [-0.1, -0.05) is 0 Å². The summed E-state index contributed by atoms with van der Waals surface area (Å²) in [6.07, 6.45) is 0. The highest BCUT2D eigenvalue weighted by molar-refractivity contribution is 5.92. The van der Waals surface area contributed by atoms with Gasteiger partial charge in [0, 0.05) is 12.6 Å². The lowest BCUT2D eigenvalue weighted by molar-refractivity contribution is -0.144. The highest BCUT2D eigenvalue weighted by Crippen LogP contribution is 2.15. The maximum atomic E-state index is 11.3. The van der Waals surface area contributed by atoms with Crippen LogP contribution in [0, 0.1) is 0 Å². The average Bonchev–Trinajstić information content (AvgIpc) is 2.29. The van der Waals surface area contributed by atoms with Crippen molar-refractivity contribution < 1.29 is 19.1 Å². The minimum Gasteiger partial charge on any atom is -0.494 e. The van der Waals surface area contributed by atoms with E-state index in [1.54, 1.807) is 24.3 Å². The largest absolute Gasteiger partial charge is 0.494 e. The zero-order valence-electron chi connectivity index (χ0n) is 9.86. The van der Waals surface area contributed by atoms with Gasteiger partial charge in [0.05, 0.1) is 6.61 Å². The van der Waals surface area contributed by atoms with Crippen molar-refractivity contribution in [3.05, 3.63) is 24.3 Å². The number of carbonyl (C=O) groups excluding carboxylic acids is 2. The van der Waals surface area contributed by atoms with Crippen molar-refractivity contribution in [2.45, 2.75) is 13.8 Å². The van der Waals surface area contributed by atoms with Gasteiger partial charge in [0.1, 0.15) is 5.75 Å². The van der Waals surface area contributed by atoms with Crippen LogP contribution in [0.25, 0.3) is 0 Å². The SMILES string of the molecule is CCOc1ccc(NC(=O)COC(C)=O)cc1. The molecule has 0 saturated heterocycles. The van der Waals surface area contributed by atoms with E-state index in [9.17, 15) is 9.59 Å². The van der Waals surface area contributed by atoms with E-state index in [4.69, 9.17) is 4.74 Å². The highest BCUT2D eigenvalue weighted by atomic mass is 16.5. The second kappa shape index (κ2) is 6.52. The van der Waals surface area contributed by atoms with E-state index in [1.807, 2.05) is 6.92 Å².